The predicted molar refractivity (Wildman–Crippen MR) is 70.6 cm³/mol. The summed E-state index contributed by atoms with van der Waals surface area (Å²) in [5.41, 5.74) is 0.0375. The summed E-state index contributed by atoms with van der Waals surface area (Å²) in [6, 6.07) is -0.307. The lowest BCUT2D eigenvalue weighted by atomic mass is 10.2. The highest BCUT2D eigenvalue weighted by atomic mass is 32.2. The molecule has 6 nitrogen and oxygen atoms in total. The van der Waals surface area contributed by atoms with Gasteiger partial charge in [0.1, 0.15) is 6.29 Å². The van der Waals surface area contributed by atoms with E-state index in [4.69, 9.17) is 5.11 Å². The minimum Gasteiger partial charge on any atom is -0.476 e. The third-order valence-electron chi connectivity index (χ3n) is 2.79. The van der Waals surface area contributed by atoms with Gasteiger partial charge in [-0.2, -0.15) is 0 Å². The van der Waals surface area contributed by atoms with Crippen molar-refractivity contribution in [1.29, 1.82) is 0 Å². The van der Waals surface area contributed by atoms with Crippen LogP contribution < -0.4 is 0 Å². The third kappa shape index (κ3) is 3.32. The van der Waals surface area contributed by atoms with Crippen molar-refractivity contribution < 1.29 is 19.5 Å². The summed E-state index contributed by atoms with van der Waals surface area (Å²) in [5.74, 6) is -0.440. The number of carboxylic acids is 1. The Balaban J connectivity index is 1.84. The van der Waals surface area contributed by atoms with E-state index in [1.54, 1.807) is 4.90 Å². The van der Waals surface area contributed by atoms with Crippen LogP contribution in [-0.2, 0) is 9.59 Å². The molecular weight excluding hydrogens is 288 g/mol. The number of hydrogen-bond donors (Lipinski definition) is 1. The van der Waals surface area contributed by atoms with Crippen LogP contribution in [0.3, 0.4) is 0 Å². The summed E-state index contributed by atoms with van der Waals surface area (Å²) in [5, 5.41) is 10.2. The molecule has 1 atom stereocenters. The molecule has 1 aliphatic heterocycles. The highest BCUT2D eigenvalue weighted by molar-refractivity contribution is 8.01. The van der Waals surface area contributed by atoms with E-state index in [2.05, 4.69) is 4.98 Å². The van der Waals surface area contributed by atoms with Crippen molar-refractivity contribution in [1.82, 2.24) is 9.88 Å². The third-order valence-corrected chi connectivity index (χ3v) is 4.79. The topological polar surface area (TPSA) is 87.6 Å². The minimum absolute atomic E-state index is 0.00284. The Morgan fingerprint density at radius 3 is 3.11 bits per heavy atom. The van der Waals surface area contributed by atoms with Gasteiger partial charge in [0.2, 0.25) is 5.91 Å². The molecule has 0 bridgehead atoms. The van der Waals surface area contributed by atoms with Gasteiger partial charge in [-0.3, -0.25) is 4.79 Å². The minimum atomic E-state index is -1.04. The van der Waals surface area contributed by atoms with Gasteiger partial charge in [-0.25, -0.2) is 9.78 Å². The van der Waals surface area contributed by atoms with Crippen LogP contribution in [0, 0.1) is 0 Å². The maximum atomic E-state index is 11.5. The van der Waals surface area contributed by atoms with Crippen molar-refractivity contribution in [3.05, 3.63) is 11.1 Å². The fourth-order valence-electron chi connectivity index (χ4n) is 1.84. The highest BCUT2D eigenvalue weighted by Crippen LogP contribution is 2.24. The fourth-order valence-corrected chi connectivity index (χ4v) is 3.65. The molecule has 1 aromatic heterocycles. The van der Waals surface area contributed by atoms with Gasteiger partial charge in [-0.1, -0.05) is 11.8 Å². The molecule has 0 radical (unpaired) electrons. The Bertz CT molecular complexity index is 503. The second-order valence-corrected chi connectivity index (χ2v) is 6.18. The van der Waals surface area contributed by atoms with E-state index in [1.165, 1.54) is 28.5 Å². The maximum absolute atomic E-state index is 11.5. The summed E-state index contributed by atoms with van der Waals surface area (Å²) in [4.78, 5) is 38.5. The lowest BCUT2D eigenvalue weighted by Gasteiger charge is -2.19. The van der Waals surface area contributed by atoms with Crippen molar-refractivity contribution in [2.24, 2.45) is 0 Å². The average Bonchev–Trinajstić information content (AvgIpc) is 2.98. The first kappa shape index (κ1) is 14.0. The van der Waals surface area contributed by atoms with Gasteiger partial charge in [0.25, 0.3) is 0 Å². The van der Waals surface area contributed by atoms with E-state index >= 15 is 0 Å². The molecule has 1 N–H and O–H groups in total. The number of aldehydes is 1. The van der Waals surface area contributed by atoms with E-state index in [1.807, 2.05) is 0 Å². The van der Waals surface area contributed by atoms with E-state index in [-0.39, 0.29) is 17.6 Å². The van der Waals surface area contributed by atoms with Gasteiger partial charge < -0.3 is 14.8 Å². The molecule has 1 fully saturated rings. The lowest BCUT2D eigenvalue weighted by Crippen LogP contribution is -2.35. The monoisotopic (exact) mass is 300 g/mol. The summed E-state index contributed by atoms with van der Waals surface area (Å²) >= 11 is 2.66. The molecule has 1 saturated heterocycles. The summed E-state index contributed by atoms with van der Waals surface area (Å²) in [7, 11) is 0. The molecule has 0 aliphatic carbocycles. The standard InChI is InChI=1S/C11H12N2O4S2/c14-5-7-1-2-9(15)13(7)3-4-18-11-12-8(6-19-11)10(16)17/h5-7H,1-4H2,(H,16,17). The van der Waals surface area contributed by atoms with Crippen molar-refractivity contribution >= 4 is 41.3 Å². The first-order valence-corrected chi connectivity index (χ1v) is 7.54. The SMILES string of the molecule is O=CC1CCC(=O)N1CCSc1nc(C(=O)O)cs1. The number of amides is 1. The Labute approximate surface area is 117 Å². The molecule has 1 aromatic rings. The van der Waals surface area contributed by atoms with Crippen molar-refractivity contribution in [2.75, 3.05) is 12.3 Å². The number of nitrogens with zero attached hydrogens (tertiary/aromatic N) is 2. The molecule has 8 heteroatoms. The summed E-state index contributed by atoms with van der Waals surface area (Å²) in [6.07, 6.45) is 1.82. The largest absolute Gasteiger partial charge is 0.476 e. The molecule has 2 heterocycles. The number of aromatic carboxylic acids is 1. The number of thiazole rings is 1. The highest BCUT2D eigenvalue weighted by Gasteiger charge is 2.29. The van der Waals surface area contributed by atoms with Crippen LogP contribution in [0.4, 0.5) is 0 Å². The number of likely N-dealkylation sites (tertiary alicyclic amines) is 1. The van der Waals surface area contributed by atoms with Crippen LogP contribution in [0.25, 0.3) is 0 Å². The van der Waals surface area contributed by atoms with Gasteiger partial charge in [-0.05, 0) is 6.42 Å². The Morgan fingerprint density at radius 2 is 2.47 bits per heavy atom. The molecule has 0 saturated carbocycles. The average molecular weight is 300 g/mol. The summed E-state index contributed by atoms with van der Waals surface area (Å²) in [6.45, 7) is 0.481. The van der Waals surface area contributed by atoms with Crippen LogP contribution in [0.2, 0.25) is 0 Å². The molecule has 1 unspecified atom stereocenters. The van der Waals surface area contributed by atoms with E-state index in [0.717, 1.165) is 6.29 Å². The molecule has 2 rings (SSSR count). The van der Waals surface area contributed by atoms with Crippen molar-refractivity contribution in [3.63, 3.8) is 0 Å². The Kier molecular flexibility index (Phi) is 4.54. The van der Waals surface area contributed by atoms with Gasteiger partial charge >= 0.3 is 5.97 Å². The molecule has 0 spiro atoms. The van der Waals surface area contributed by atoms with Gasteiger partial charge in [0.15, 0.2) is 10.0 Å². The predicted octanol–water partition coefficient (Wildman–Crippen LogP) is 1.12. The molecular formula is C11H12N2O4S2. The lowest BCUT2D eigenvalue weighted by molar-refractivity contribution is -0.130. The number of carbonyl (C=O) groups excluding carboxylic acids is 2. The molecule has 19 heavy (non-hydrogen) atoms. The van der Waals surface area contributed by atoms with E-state index in [9.17, 15) is 14.4 Å². The maximum Gasteiger partial charge on any atom is 0.355 e. The Morgan fingerprint density at radius 1 is 1.68 bits per heavy atom. The van der Waals surface area contributed by atoms with Gasteiger partial charge in [0, 0.05) is 24.1 Å². The fraction of sp³-hybridized carbons (Fsp3) is 0.455. The number of carboxylic acid groups (broad SMARTS) is 1. The van der Waals surface area contributed by atoms with Crippen LogP contribution in [-0.4, -0.2) is 51.5 Å². The van der Waals surface area contributed by atoms with E-state index < -0.39 is 5.97 Å². The van der Waals surface area contributed by atoms with Gasteiger partial charge in [-0.15, -0.1) is 11.3 Å². The first-order chi connectivity index (χ1) is 9.11. The zero-order valence-electron chi connectivity index (χ0n) is 9.94. The van der Waals surface area contributed by atoms with E-state index in [0.29, 0.717) is 29.5 Å². The zero-order chi connectivity index (χ0) is 13.8. The molecule has 102 valence electrons. The van der Waals surface area contributed by atoms with Crippen LogP contribution in [0.15, 0.2) is 9.72 Å². The van der Waals surface area contributed by atoms with Crippen molar-refractivity contribution in [3.8, 4) is 0 Å². The second-order valence-electron chi connectivity index (χ2n) is 3.98. The van der Waals surface area contributed by atoms with Crippen LogP contribution in [0.5, 0.6) is 0 Å². The van der Waals surface area contributed by atoms with Crippen LogP contribution in [0.1, 0.15) is 23.3 Å². The van der Waals surface area contributed by atoms with Crippen LogP contribution >= 0.6 is 23.1 Å². The van der Waals surface area contributed by atoms with Crippen molar-refractivity contribution in [2.45, 2.75) is 23.2 Å². The first-order valence-electron chi connectivity index (χ1n) is 5.68. The number of thioether (sulfide) groups is 1. The quantitative estimate of drug-likeness (QED) is 0.626. The summed E-state index contributed by atoms with van der Waals surface area (Å²) < 4.78 is 0.659. The second kappa shape index (κ2) is 6.16. The molecule has 0 aromatic carbocycles. The number of hydrogen-bond acceptors (Lipinski definition) is 6. The number of aromatic nitrogens is 1. The number of carbonyl (C=O) groups is 3. The number of rotatable bonds is 6. The zero-order valence-corrected chi connectivity index (χ0v) is 11.6. The van der Waals surface area contributed by atoms with Gasteiger partial charge in [0.05, 0.1) is 6.04 Å². The molecule has 1 aliphatic rings. The Hall–Kier alpha value is -1.41. The smallest absolute Gasteiger partial charge is 0.355 e. The molecule has 1 amide bonds. The normalized spacial score (nSPS) is 18.8.